The molecule has 0 bridgehead atoms. The summed E-state index contributed by atoms with van der Waals surface area (Å²) in [6, 6.07) is 14.0. The van der Waals surface area contributed by atoms with Crippen LogP contribution >= 0.6 is 11.6 Å². The van der Waals surface area contributed by atoms with E-state index in [2.05, 4.69) is 0 Å². The van der Waals surface area contributed by atoms with Gasteiger partial charge in [0.2, 0.25) is 0 Å². The molecule has 0 aliphatic heterocycles. The lowest BCUT2D eigenvalue weighted by Gasteiger charge is -2.04. The number of hydrogen-bond donors (Lipinski definition) is 0. The number of aryl methyl sites for hydroxylation is 1. The molecule has 0 aromatic heterocycles. The van der Waals surface area contributed by atoms with Gasteiger partial charge >= 0.3 is 5.97 Å². The molecule has 86 valence electrons. The molecule has 0 fully saturated rings. The average molecular weight is 247 g/mol. The summed E-state index contributed by atoms with van der Waals surface area (Å²) < 4.78 is 5.24. The van der Waals surface area contributed by atoms with Crippen LogP contribution in [0.3, 0.4) is 0 Å². The zero-order valence-electron chi connectivity index (χ0n) is 9.31. The second kappa shape index (κ2) is 5.02. The number of rotatable bonds is 2. The SMILES string of the molecule is Cc1cccc(OC(=O)c2ccc(Cl)cc2)c1. The third kappa shape index (κ3) is 3.08. The first-order chi connectivity index (χ1) is 8.15. The Kier molecular flexibility index (Phi) is 3.45. The Balaban J connectivity index is 2.14. The highest BCUT2D eigenvalue weighted by Gasteiger charge is 2.07. The summed E-state index contributed by atoms with van der Waals surface area (Å²) in [6.45, 7) is 1.94. The zero-order chi connectivity index (χ0) is 12.3. The first kappa shape index (κ1) is 11.7. The summed E-state index contributed by atoms with van der Waals surface area (Å²) >= 11 is 5.75. The van der Waals surface area contributed by atoms with Gasteiger partial charge in [0, 0.05) is 5.02 Å². The lowest BCUT2D eigenvalue weighted by Crippen LogP contribution is -2.08. The summed E-state index contributed by atoms with van der Waals surface area (Å²) in [5.74, 6) is 0.164. The minimum Gasteiger partial charge on any atom is -0.423 e. The number of carbonyl (C=O) groups excluding carboxylic acids is 1. The molecule has 0 radical (unpaired) electrons. The quantitative estimate of drug-likeness (QED) is 0.594. The van der Waals surface area contributed by atoms with E-state index < -0.39 is 0 Å². The molecule has 0 N–H and O–H groups in total. The van der Waals surface area contributed by atoms with Crippen LogP contribution in [0.25, 0.3) is 0 Å². The molecular formula is C14H11ClO2. The van der Waals surface area contributed by atoms with Gasteiger partial charge in [-0.25, -0.2) is 4.79 Å². The minimum atomic E-state index is -0.382. The van der Waals surface area contributed by atoms with Gasteiger partial charge in [0.1, 0.15) is 5.75 Å². The van der Waals surface area contributed by atoms with Crippen molar-refractivity contribution < 1.29 is 9.53 Å². The molecule has 2 aromatic carbocycles. The molecule has 17 heavy (non-hydrogen) atoms. The van der Waals surface area contributed by atoms with Gasteiger partial charge in [0.15, 0.2) is 0 Å². The maximum absolute atomic E-state index is 11.8. The zero-order valence-corrected chi connectivity index (χ0v) is 10.1. The van der Waals surface area contributed by atoms with Crippen molar-refractivity contribution in [1.29, 1.82) is 0 Å². The molecule has 0 amide bonds. The number of ether oxygens (including phenoxy) is 1. The predicted octanol–water partition coefficient (Wildman–Crippen LogP) is 3.87. The minimum absolute atomic E-state index is 0.382. The van der Waals surface area contributed by atoms with Crippen LogP contribution in [-0.2, 0) is 0 Å². The van der Waals surface area contributed by atoms with Crippen LogP contribution in [-0.4, -0.2) is 5.97 Å². The van der Waals surface area contributed by atoms with Crippen LogP contribution < -0.4 is 4.74 Å². The average Bonchev–Trinajstić information content (AvgIpc) is 2.29. The second-order valence-corrected chi connectivity index (χ2v) is 4.15. The maximum Gasteiger partial charge on any atom is 0.343 e. The van der Waals surface area contributed by atoms with Gasteiger partial charge in [-0.15, -0.1) is 0 Å². The molecule has 0 spiro atoms. The van der Waals surface area contributed by atoms with Crippen LogP contribution in [0.4, 0.5) is 0 Å². The van der Waals surface area contributed by atoms with Crippen LogP contribution in [0, 0.1) is 6.92 Å². The Morgan fingerprint density at radius 3 is 2.47 bits per heavy atom. The van der Waals surface area contributed by atoms with E-state index in [4.69, 9.17) is 16.3 Å². The Bertz CT molecular complexity index is 532. The van der Waals surface area contributed by atoms with Gasteiger partial charge in [-0.3, -0.25) is 0 Å². The smallest absolute Gasteiger partial charge is 0.343 e. The van der Waals surface area contributed by atoms with Gasteiger partial charge in [-0.05, 0) is 48.9 Å². The largest absolute Gasteiger partial charge is 0.423 e. The number of benzene rings is 2. The van der Waals surface area contributed by atoms with Crippen molar-refractivity contribution in [1.82, 2.24) is 0 Å². The fourth-order valence-electron chi connectivity index (χ4n) is 1.43. The Morgan fingerprint density at radius 2 is 1.82 bits per heavy atom. The van der Waals surface area contributed by atoms with Crippen LogP contribution in [0.15, 0.2) is 48.5 Å². The summed E-state index contributed by atoms with van der Waals surface area (Å²) in [4.78, 5) is 11.8. The molecule has 0 saturated heterocycles. The van der Waals surface area contributed by atoms with E-state index in [1.165, 1.54) is 0 Å². The van der Waals surface area contributed by atoms with Crippen molar-refractivity contribution in [3.05, 3.63) is 64.7 Å². The molecule has 2 aromatic rings. The van der Waals surface area contributed by atoms with Gasteiger partial charge in [-0.1, -0.05) is 23.7 Å². The highest BCUT2D eigenvalue weighted by Crippen LogP contribution is 2.15. The first-order valence-electron chi connectivity index (χ1n) is 5.19. The number of hydrogen-bond acceptors (Lipinski definition) is 2. The van der Waals surface area contributed by atoms with Crippen LogP contribution in [0.1, 0.15) is 15.9 Å². The molecule has 0 heterocycles. The third-order valence-electron chi connectivity index (χ3n) is 2.28. The van der Waals surface area contributed by atoms with Crippen molar-refractivity contribution in [2.75, 3.05) is 0 Å². The topological polar surface area (TPSA) is 26.3 Å². The molecular weight excluding hydrogens is 236 g/mol. The van der Waals surface area contributed by atoms with E-state index >= 15 is 0 Å². The highest BCUT2D eigenvalue weighted by atomic mass is 35.5. The predicted molar refractivity (Wildman–Crippen MR) is 67.6 cm³/mol. The molecule has 2 nitrogen and oxygen atoms in total. The van der Waals surface area contributed by atoms with E-state index in [0.717, 1.165) is 5.56 Å². The lowest BCUT2D eigenvalue weighted by molar-refractivity contribution is 0.0735. The fourth-order valence-corrected chi connectivity index (χ4v) is 1.56. The molecule has 0 saturated carbocycles. The van der Waals surface area contributed by atoms with Crippen LogP contribution in [0.5, 0.6) is 5.75 Å². The van der Waals surface area contributed by atoms with E-state index in [-0.39, 0.29) is 5.97 Å². The third-order valence-corrected chi connectivity index (χ3v) is 2.53. The lowest BCUT2D eigenvalue weighted by atomic mass is 10.2. The van der Waals surface area contributed by atoms with Crippen molar-refractivity contribution in [2.45, 2.75) is 6.92 Å². The summed E-state index contributed by atoms with van der Waals surface area (Å²) in [5.41, 5.74) is 1.53. The summed E-state index contributed by atoms with van der Waals surface area (Å²) in [5, 5.41) is 0.595. The second-order valence-electron chi connectivity index (χ2n) is 3.71. The standard InChI is InChI=1S/C14H11ClO2/c1-10-3-2-4-13(9-10)17-14(16)11-5-7-12(15)8-6-11/h2-9H,1H3. The molecule has 3 heteroatoms. The van der Waals surface area contributed by atoms with Gasteiger partial charge in [0.05, 0.1) is 5.56 Å². The molecule has 0 atom stereocenters. The highest BCUT2D eigenvalue weighted by molar-refractivity contribution is 6.30. The van der Waals surface area contributed by atoms with E-state index in [0.29, 0.717) is 16.3 Å². The molecule has 0 unspecified atom stereocenters. The monoisotopic (exact) mass is 246 g/mol. The maximum atomic E-state index is 11.8. The summed E-state index contributed by atoms with van der Waals surface area (Å²) in [6.07, 6.45) is 0. The van der Waals surface area contributed by atoms with E-state index in [1.807, 2.05) is 25.1 Å². The number of carbonyl (C=O) groups is 1. The Labute approximate surface area is 105 Å². The van der Waals surface area contributed by atoms with E-state index in [1.54, 1.807) is 30.3 Å². The van der Waals surface area contributed by atoms with E-state index in [9.17, 15) is 4.79 Å². The van der Waals surface area contributed by atoms with Crippen molar-refractivity contribution in [2.24, 2.45) is 0 Å². The Hall–Kier alpha value is -1.80. The van der Waals surface area contributed by atoms with Crippen molar-refractivity contribution >= 4 is 17.6 Å². The number of esters is 1. The van der Waals surface area contributed by atoms with Crippen molar-refractivity contribution in [3.63, 3.8) is 0 Å². The first-order valence-corrected chi connectivity index (χ1v) is 5.57. The van der Waals surface area contributed by atoms with Gasteiger partial charge in [0.25, 0.3) is 0 Å². The van der Waals surface area contributed by atoms with Crippen LogP contribution in [0.2, 0.25) is 5.02 Å². The Morgan fingerprint density at radius 1 is 1.12 bits per heavy atom. The molecule has 0 aliphatic rings. The fraction of sp³-hybridized carbons (Fsp3) is 0.0714. The molecule has 0 aliphatic carbocycles. The van der Waals surface area contributed by atoms with Gasteiger partial charge < -0.3 is 4.74 Å². The normalized spacial score (nSPS) is 10.0. The van der Waals surface area contributed by atoms with Crippen molar-refractivity contribution in [3.8, 4) is 5.75 Å². The van der Waals surface area contributed by atoms with Gasteiger partial charge in [-0.2, -0.15) is 0 Å². The molecule has 2 rings (SSSR count). The number of halogens is 1. The summed E-state index contributed by atoms with van der Waals surface area (Å²) in [7, 11) is 0.